The molecule has 0 bridgehead atoms. The van der Waals surface area contributed by atoms with E-state index in [-0.39, 0.29) is 11.3 Å². The van der Waals surface area contributed by atoms with Gasteiger partial charge in [0.2, 0.25) is 0 Å². The summed E-state index contributed by atoms with van der Waals surface area (Å²) in [5, 5.41) is 11.1. The second-order valence-electron chi connectivity index (χ2n) is 8.16. The van der Waals surface area contributed by atoms with E-state index in [2.05, 4.69) is 6.07 Å². The van der Waals surface area contributed by atoms with Gasteiger partial charge in [0, 0.05) is 25.8 Å². The number of amides is 1. The summed E-state index contributed by atoms with van der Waals surface area (Å²) in [6, 6.07) is 17.4. The Morgan fingerprint density at radius 3 is 2.56 bits per heavy atom. The molecule has 0 spiro atoms. The molecule has 1 N–H and O–H groups in total. The molecule has 1 saturated heterocycles. The lowest BCUT2D eigenvalue weighted by atomic mass is 9.99. The van der Waals surface area contributed by atoms with Crippen LogP contribution >= 0.6 is 0 Å². The van der Waals surface area contributed by atoms with E-state index in [0.717, 1.165) is 11.1 Å². The quantitative estimate of drug-likeness (QED) is 0.216. The van der Waals surface area contributed by atoms with E-state index in [1.165, 1.54) is 11.2 Å². The maximum absolute atomic E-state index is 12.9. The monoisotopic (exact) mass is 461 g/mol. The molecule has 0 unspecified atom stereocenters. The molecule has 1 fully saturated rings. The van der Waals surface area contributed by atoms with Gasteiger partial charge in [0.05, 0.1) is 11.8 Å². The number of rotatable bonds is 9. The third kappa shape index (κ3) is 4.89. The molecular weight excluding hydrogens is 434 g/mol. The molecule has 2 heterocycles. The molecule has 34 heavy (non-hydrogen) atoms. The van der Waals surface area contributed by atoms with Crippen molar-refractivity contribution in [2.45, 2.75) is 26.0 Å². The van der Waals surface area contributed by atoms with Crippen molar-refractivity contribution in [3.8, 4) is 5.75 Å². The summed E-state index contributed by atoms with van der Waals surface area (Å²) >= 11 is 0. The highest BCUT2D eigenvalue weighted by Crippen LogP contribution is 2.39. The SMILES string of the molecule is COCCCN1C(=O)C(=O)C(=C(O)c2ccc(OCc3cccc(C)c3)cc2)[C@@H]1c1ccco1. The van der Waals surface area contributed by atoms with Gasteiger partial charge in [0.1, 0.15) is 29.9 Å². The van der Waals surface area contributed by atoms with Crippen molar-refractivity contribution in [2.24, 2.45) is 0 Å². The van der Waals surface area contributed by atoms with Crippen LogP contribution in [0.3, 0.4) is 0 Å². The number of aliphatic hydroxyl groups is 1. The minimum absolute atomic E-state index is 0.00537. The highest BCUT2D eigenvalue weighted by Gasteiger charge is 2.47. The number of ether oxygens (including phenoxy) is 2. The van der Waals surface area contributed by atoms with Crippen LogP contribution in [0.4, 0.5) is 0 Å². The van der Waals surface area contributed by atoms with Gasteiger partial charge in [0.25, 0.3) is 11.7 Å². The highest BCUT2D eigenvalue weighted by atomic mass is 16.5. The van der Waals surface area contributed by atoms with Crippen LogP contribution in [0.1, 0.15) is 34.9 Å². The summed E-state index contributed by atoms with van der Waals surface area (Å²) in [6.07, 6.45) is 2.03. The van der Waals surface area contributed by atoms with E-state index in [0.29, 0.717) is 43.3 Å². The highest BCUT2D eigenvalue weighted by molar-refractivity contribution is 6.46. The summed E-state index contributed by atoms with van der Waals surface area (Å²) < 4.78 is 16.4. The molecule has 1 aliphatic heterocycles. The molecule has 3 aromatic rings. The number of ketones is 1. The summed E-state index contributed by atoms with van der Waals surface area (Å²) in [5.41, 5.74) is 2.63. The van der Waals surface area contributed by atoms with E-state index >= 15 is 0 Å². The maximum atomic E-state index is 12.9. The number of furan rings is 1. The lowest BCUT2D eigenvalue weighted by Crippen LogP contribution is -2.31. The van der Waals surface area contributed by atoms with Gasteiger partial charge < -0.3 is 23.9 Å². The molecule has 7 heteroatoms. The van der Waals surface area contributed by atoms with Crippen LogP contribution in [0.15, 0.2) is 76.9 Å². The van der Waals surface area contributed by atoms with E-state index in [4.69, 9.17) is 13.9 Å². The molecule has 1 aliphatic rings. The standard InChI is InChI=1S/C27H27NO6/c1-18-6-3-7-19(16-18)17-34-21-11-9-20(10-12-21)25(29)23-24(22-8-4-15-33-22)28(13-5-14-32-2)27(31)26(23)30/h3-4,6-12,15-16,24,29H,5,13-14,17H2,1-2H3/t24-/m0/s1. The number of hydrogen-bond acceptors (Lipinski definition) is 6. The van der Waals surface area contributed by atoms with Gasteiger partial charge in [-0.05, 0) is 55.3 Å². The zero-order valence-corrected chi connectivity index (χ0v) is 19.2. The van der Waals surface area contributed by atoms with Crippen LogP contribution in [0.5, 0.6) is 5.75 Å². The number of nitrogens with zero attached hydrogens (tertiary/aromatic N) is 1. The topological polar surface area (TPSA) is 89.2 Å². The van der Waals surface area contributed by atoms with Crippen LogP contribution in [0, 0.1) is 6.92 Å². The Morgan fingerprint density at radius 1 is 1.09 bits per heavy atom. The molecule has 0 aliphatic carbocycles. The Bertz CT molecular complexity index is 1180. The summed E-state index contributed by atoms with van der Waals surface area (Å²) in [5.74, 6) is -0.621. The van der Waals surface area contributed by atoms with Gasteiger partial charge in [-0.1, -0.05) is 29.8 Å². The van der Waals surface area contributed by atoms with Crippen molar-refractivity contribution in [1.29, 1.82) is 0 Å². The van der Waals surface area contributed by atoms with E-state index in [1.807, 2.05) is 25.1 Å². The first-order chi connectivity index (χ1) is 16.5. The van der Waals surface area contributed by atoms with Gasteiger partial charge in [-0.2, -0.15) is 0 Å². The fourth-order valence-corrected chi connectivity index (χ4v) is 4.07. The fraction of sp³-hybridized carbons (Fsp3) is 0.259. The summed E-state index contributed by atoms with van der Waals surface area (Å²) in [7, 11) is 1.58. The fourth-order valence-electron chi connectivity index (χ4n) is 4.07. The second-order valence-corrected chi connectivity index (χ2v) is 8.16. The summed E-state index contributed by atoms with van der Waals surface area (Å²) in [4.78, 5) is 27.1. The van der Waals surface area contributed by atoms with Crippen molar-refractivity contribution in [2.75, 3.05) is 20.3 Å². The zero-order chi connectivity index (χ0) is 24.1. The van der Waals surface area contributed by atoms with Crippen LogP contribution in [-0.4, -0.2) is 42.0 Å². The molecule has 2 aromatic carbocycles. The average Bonchev–Trinajstić information content (AvgIpc) is 3.45. The van der Waals surface area contributed by atoms with E-state index in [1.54, 1.807) is 43.5 Å². The Labute approximate surface area is 198 Å². The molecule has 1 amide bonds. The second kappa shape index (κ2) is 10.4. The molecule has 1 atom stereocenters. The molecule has 176 valence electrons. The number of carbonyl (C=O) groups is 2. The number of methoxy groups -OCH3 is 1. The lowest BCUT2D eigenvalue weighted by Gasteiger charge is -2.23. The smallest absolute Gasteiger partial charge is 0.295 e. The third-order valence-electron chi connectivity index (χ3n) is 5.72. The Balaban J connectivity index is 1.59. The lowest BCUT2D eigenvalue weighted by molar-refractivity contribution is -0.140. The van der Waals surface area contributed by atoms with Gasteiger partial charge in [-0.3, -0.25) is 9.59 Å². The van der Waals surface area contributed by atoms with Crippen molar-refractivity contribution >= 4 is 17.4 Å². The van der Waals surface area contributed by atoms with Gasteiger partial charge in [-0.15, -0.1) is 0 Å². The van der Waals surface area contributed by atoms with Crippen molar-refractivity contribution in [3.63, 3.8) is 0 Å². The number of aliphatic hydroxyl groups excluding tert-OH is 1. The first-order valence-corrected chi connectivity index (χ1v) is 11.1. The Kier molecular flexibility index (Phi) is 7.13. The maximum Gasteiger partial charge on any atom is 0.295 e. The Morgan fingerprint density at radius 2 is 1.88 bits per heavy atom. The van der Waals surface area contributed by atoms with Crippen LogP contribution in [0.2, 0.25) is 0 Å². The first kappa shape index (κ1) is 23.3. The largest absolute Gasteiger partial charge is 0.507 e. The van der Waals surface area contributed by atoms with E-state index < -0.39 is 17.7 Å². The van der Waals surface area contributed by atoms with Crippen molar-refractivity contribution in [3.05, 3.63) is 95.0 Å². The molecule has 0 saturated carbocycles. The molecule has 4 rings (SSSR count). The third-order valence-corrected chi connectivity index (χ3v) is 5.72. The van der Waals surface area contributed by atoms with Crippen molar-refractivity contribution in [1.82, 2.24) is 4.90 Å². The predicted molar refractivity (Wildman–Crippen MR) is 126 cm³/mol. The number of carbonyl (C=O) groups excluding carboxylic acids is 2. The summed E-state index contributed by atoms with van der Waals surface area (Å²) in [6.45, 7) is 3.18. The number of hydrogen-bond donors (Lipinski definition) is 1. The number of aryl methyl sites for hydroxylation is 1. The molecule has 0 radical (unpaired) electrons. The van der Waals surface area contributed by atoms with Crippen LogP contribution in [0.25, 0.3) is 5.76 Å². The van der Waals surface area contributed by atoms with Gasteiger partial charge in [-0.25, -0.2) is 0 Å². The predicted octanol–water partition coefficient (Wildman–Crippen LogP) is 4.63. The molecule has 1 aromatic heterocycles. The number of benzene rings is 2. The zero-order valence-electron chi connectivity index (χ0n) is 19.2. The normalized spacial score (nSPS) is 17.4. The van der Waals surface area contributed by atoms with Crippen molar-refractivity contribution < 1.29 is 28.6 Å². The van der Waals surface area contributed by atoms with Crippen LogP contribution in [-0.2, 0) is 20.9 Å². The molecule has 7 nitrogen and oxygen atoms in total. The minimum Gasteiger partial charge on any atom is -0.507 e. The van der Waals surface area contributed by atoms with E-state index in [9.17, 15) is 14.7 Å². The average molecular weight is 462 g/mol. The van der Waals surface area contributed by atoms with Gasteiger partial charge in [0.15, 0.2) is 0 Å². The number of likely N-dealkylation sites (tertiary alicyclic amines) is 1. The first-order valence-electron chi connectivity index (χ1n) is 11.1. The van der Waals surface area contributed by atoms with Crippen LogP contribution < -0.4 is 4.74 Å². The Hall–Kier alpha value is -3.84. The number of Topliss-reactive ketones (excluding diaryl/α,β-unsaturated/α-hetero) is 1. The van der Waals surface area contributed by atoms with Gasteiger partial charge >= 0.3 is 0 Å². The minimum atomic E-state index is -0.802. The molecular formula is C27H27NO6.